The minimum atomic E-state index is -0.331. The number of nitrogens with one attached hydrogen (secondary N) is 2. The SMILES string of the molecule is COc1ccc(OC)c(C2NC(=O)c3c(sc4c3CCC(C)C4)N2)c1. The number of thiophene rings is 1. The largest absolute Gasteiger partial charge is 0.497 e. The zero-order valence-electron chi connectivity index (χ0n) is 14.6. The van der Waals surface area contributed by atoms with Crippen LogP contribution in [0.4, 0.5) is 5.00 Å². The molecular formula is C19H22N2O3S. The van der Waals surface area contributed by atoms with Crippen LogP contribution in [0.3, 0.4) is 0 Å². The van der Waals surface area contributed by atoms with Crippen molar-refractivity contribution in [3.63, 3.8) is 0 Å². The molecule has 2 unspecified atom stereocenters. The number of carbonyl (C=O) groups is 1. The lowest BCUT2D eigenvalue weighted by atomic mass is 9.88. The molecule has 1 aliphatic carbocycles. The van der Waals surface area contributed by atoms with Crippen LogP contribution in [0.15, 0.2) is 18.2 Å². The summed E-state index contributed by atoms with van der Waals surface area (Å²) in [6, 6.07) is 5.61. The summed E-state index contributed by atoms with van der Waals surface area (Å²) in [5.41, 5.74) is 2.93. The van der Waals surface area contributed by atoms with Gasteiger partial charge in [-0.15, -0.1) is 11.3 Å². The highest BCUT2D eigenvalue weighted by Gasteiger charge is 2.34. The second kappa shape index (κ2) is 6.26. The average Bonchev–Trinajstić information content (AvgIpc) is 2.98. The van der Waals surface area contributed by atoms with Crippen molar-refractivity contribution >= 4 is 22.2 Å². The number of methoxy groups -OCH3 is 2. The van der Waals surface area contributed by atoms with E-state index in [1.54, 1.807) is 25.6 Å². The molecule has 0 saturated heterocycles. The Hall–Kier alpha value is -2.21. The second-order valence-corrected chi connectivity index (χ2v) is 7.82. The highest BCUT2D eigenvalue weighted by Crippen LogP contribution is 2.43. The van der Waals surface area contributed by atoms with E-state index in [2.05, 4.69) is 17.6 Å². The summed E-state index contributed by atoms with van der Waals surface area (Å²) in [6.07, 6.45) is 2.87. The van der Waals surface area contributed by atoms with Crippen LogP contribution < -0.4 is 20.1 Å². The molecule has 2 aliphatic rings. The molecule has 1 aliphatic heterocycles. The van der Waals surface area contributed by atoms with Crippen LogP contribution in [0.1, 0.15) is 45.9 Å². The zero-order chi connectivity index (χ0) is 17.6. The third kappa shape index (κ3) is 2.74. The summed E-state index contributed by atoms with van der Waals surface area (Å²) in [5, 5.41) is 7.55. The van der Waals surface area contributed by atoms with Crippen molar-refractivity contribution in [3.05, 3.63) is 39.8 Å². The van der Waals surface area contributed by atoms with Crippen LogP contribution in [0, 0.1) is 5.92 Å². The van der Waals surface area contributed by atoms with Gasteiger partial charge in [0.15, 0.2) is 0 Å². The van der Waals surface area contributed by atoms with Crippen molar-refractivity contribution in [1.29, 1.82) is 0 Å². The number of amides is 1. The van der Waals surface area contributed by atoms with Crippen molar-refractivity contribution < 1.29 is 14.3 Å². The molecule has 0 saturated carbocycles. The Kier molecular flexibility index (Phi) is 4.07. The van der Waals surface area contributed by atoms with Crippen molar-refractivity contribution in [2.24, 2.45) is 5.92 Å². The molecule has 6 heteroatoms. The van der Waals surface area contributed by atoms with E-state index in [0.29, 0.717) is 5.92 Å². The smallest absolute Gasteiger partial charge is 0.256 e. The number of hydrogen-bond acceptors (Lipinski definition) is 5. The van der Waals surface area contributed by atoms with Crippen molar-refractivity contribution in [3.8, 4) is 11.5 Å². The molecule has 2 heterocycles. The van der Waals surface area contributed by atoms with Gasteiger partial charge in [-0.1, -0.05) is 6.92 Å². The first kappa shape index (κ1) is 16.3. The number of ether oxygens (including phenoxy) is 2. The van der Waals surface area contributed by atoms with E-state index in [1.165, 1.54) is 10.4 Å². The molecule has 1 aromatic carbocycles. The summed E-state index contributed by atoms with van der Waals surface area (Å²) in [4.78, 5) is 14.2. The number of anilines is 1. The lowest BCUT2D eigenvalue weighted by Crippen LogP contribution is -2.38. The molecule has 2 aromatic rings. The van der Waals surface area contributed by atoms with Gasteiger partial charge in [0.1, 0.15) is 22.7 Å². The lowest BCUT2D eigenvalue weighted by Gasteiger charge is -2.28. The van der Waals surface area contributed by atoms with Crippen molar-refractivity contribution in [2.75, 3.05) is 19.5 Å². The third-order valence-electron chi connectivity index (χ3n) is 5.04. The molecule has 2 atom stereocenters. The van der Waals surface area contributed by atoms with Gasteiger partial charge in [0.2, 0.25) is 0 Å². The molecule has 0 bridgehead atoms. The molecule has 0 spiro atoms. The number of hydrogen-bond donors (Lipinski definition) is 2. The monoisotopic (exact) mass is 358 g/mol. The predicted octanol–water partition coefficient (Wildman–Crippen LogP) is 3.74. The van der Waals surface area contributed by atoms with Crippen LogP contribution in [0.25, 0.3) is 0 Å². The zero-order valence-corrected chi connectivity index (χ0v) is 15.5. The summed E-state index contributed by atoms with van der Waals surface area (Å²) < 4.78 is 10.8. The Morgan fingerprint density at radius 2 is 2.04 bits per heavy atom. The standard InChI is InChI=1S/C19H22N2O3S/c1-10-4-6-12-15(8-10)25-19-16(12)18(22)20-17(21-19)13-9-11(23-2)5-7-14(13)24-3/h5,7,9-10,17,21H,4,6,8H2,1-3H3,(H,20,22). The van der Waals surface area contributed by atoms with Gasteiger partial charge in [0, 0.05) is 10.4 Å². The van der Waals surface area contributed by atoms with E-state index in [0.717, 1.165) is 46.9 Å². The fourth-order valence-electron chi connectivity index (χ4n) is 3.68. The summed E-state index contributed by atoms with van der Waals surface area (Å²) in [6.45, 7) is 2.28. The Bertz CT molecular complexity index is 830. The Morgan fingerprint density at radius 1 is 1.20 bits per heavy atom. The van der Waals surface area contributed by atoms with E-state index in [4.69, 9.17) is 9.47 Å². The number of benzene rings is 1. The lowest BCUT2D eigenvalue weighted by molar-refractivity contribution is 0.0934. The maximum absolute atomic E-state index is 12.8. The normalized spacial score (nSPS) is 21.6. The van der Waals surface area contributed by atoms with E-state index in [9.17, 15) is 4.79 Å². The fourth-order valence-corrected chi connectivity index (χ4v) is 5.12. The van der Waals surface area contributed by atoms with Gasteiger partial charge in [0.05, 0.1) is 19.8 Å². The van der Waals surface area contributed by atoms with Crippen LogP contribution in [0.5, 0.6) is 11.5 Å². The van der Waals surface area contributed by atoms with E-state index in [1.807, 2.05) is 18.2 Å². The van der Waals surface area contributed by atoms with Gasteiger partial charge in [-0.25, -0.2) is 0 Å². The third-order valence-corrected chi connectivity index (χ3v) is 6.22. The first-order valence-electron chi connectivity index (χ1n) is 8.54. The van der Waals surface area contributed by atoms with Crippen molar-refractivity contribution in [2.45, 2.75) is 32.4 Å². The molecule has 1 aromatic heterocycles. The molecule has 132 valence electrons. The Balaban J connectivity index is 1.72. The predicted molar refractivity (Wildman–Crippen MR) is 98.9 cm³/mol. The highest BCUT2D eigenvalue weighted by atomic mass is 32.1. The molecule has 0 fully saturated rings. The van der Waals surface area contributed by atoms with Gasteiger partial charge in [-0.05, 0) is 48.9 Å². The van der Waals surface area contributed by atoms with E-state index < -0.39 is 0 Å². The van der Waals surface area contributed by atoms with Crippen LogP contribution in [0.2, 0.25) is 0 Å². The topological polar surface area (TPSA) is 59.6 Å². The van der Waals surface area contributed by atoms with Gasteiger partial charge >= 0.3 is 0 Å². The number of fused-ring (bicyclic) bond motifs is 3. The molecule has 25 heavy (non-hydrogen) atoms. The number of carbonyl (C=O) groups excluding carboxylic acids is 1. The molecule has 2 N–H and O–H groups in total. The molecular weight excluding hydrogens is 336 g/mol. The minimum absolute atomic E-state index is 0.00400. The Morgan fingerprint density at radius 3 is 2.80 bits per heavy atom. The quantitative estimate of drug-likeness (QED) is 0.877. The molecule has 4 rings (SSSR count). The van der Waals surface area contributed by atoms with Gasteiger partial charge < -0.3 is 20.1 Å². The van der Waals surface area contributed by atoms with Gasteiger partial charge in [-0.2, -0.15) is 0 Å². The van der Waals surface area contributed by atoms with Gasteiger partial charge in [-0.3, -0.25) is 4.79 Å². The average molecular weight is 358 g/mol. The van der Waals surface area contributed by atoms with Crippen LogP contribution in [-0.2, 0) is 12.8 Å². The fraction of sp³-hybridized carbons (Fsp3) is 0.421. The van der Waals surface area contributed by atoms with E-state index in [-0.39, 0.29) is 12.1 Å². The number of rotatable bonds is 3. The van der Waals surface area contributed by atoms with Crippen LogP contribution in [-0.4, -0.2) is 20.1 Å². The van der Waals surface area contributed by atoms with Crippen LogP contribution >= 0.6 is 11.3 Å². The summed E-state index contributed by atoms with van der Waals surface area (Å²) >= 11 is 1.72. The molecule has 0 radical (unpaired) electrons. The maximum atomic E-state index is 12.8. The summed E-state index contributed by atoms with van der Waals surface area (Å²) in [5.74, 6) is 2.13. The van der Waals surface area contributed by atoms with E-state index >= 15 is 0 Å². The maximum Gasteiger partial charge on any atom is 0.256 e. The first-order chi connectivity index (χ1) is 12.1. The van der Waals surface area contributed by atoms with Crippen molar-refractivity contribution in [1.82, 2.24) is 5.32 Å². The molecule has 1 amide bonds. The molecule has 5 nitrogen and oxygen atoms in total. The first-order valence-corrected chi connectivity index (χ1v) is 9.36. The van der Waals surface area contributed by atoms with Gasteiger partial charge in [0.25, 0.3) is 5.91 Å². The second-order valence-electron chi connectivity index (χ2n) is 6.71. The Labute approximate surface area is 151 Å². The highest BCUT2D eigenvalue weighted by molar-refractivity contribution is 7.16. The summed E-state index contributed by atoms with van der Waals surface area (Å²) in [7, 11) is 3.26. The minimum Gasteiger partial charge on any atom is -0.497 e.